The standard InChI is InChI=1S/C20H24N2O4S/c1-13-11-14(9-10-16(13)22-27(4,24)25)19(23)21-17-12-20(2,3)26-18-8-6-5-7-15(17)18/h5-11,17,22H,12H2,1-4H3,(H,21,23). The van der Waals surface area contributed by atoms with E-state index in [1.165, 1.54) is 0 Å². The number of carbonyl (C=O) groups is 1. The van der Waals surface area contributed by atoms with Gasteiger partial charge in [0, 0.05) is 17.5 Å². The molecule has 1 heterocycles. The Kier molecular flexibility index (Phi) is 4.90. The molecule has 2 aromatic carbocycles. The second-order valence-corrected chi connectivity index (χ2v) is 9.28. The molecule has 0 aromatic heterocycles. The minimum atomic E-state index is -3.37. The fourth-order valence-electron chi connectivity index (χ4n) is 3.29. The van der Waals surface area contributed by atoms with Gasteiger partial charge in [0.2, 0.25) is 10.0 Å². The van der Waals surface area contributed by atoms with E-state index in [1.807, 2.05) is 38.1 Å². The monoisotopic (exact) mass is 388 g/mol. The van der Waals surface area contributed by atoms with Gasteiger partial charge >= 0.3 is 0 Å². The molecule has 0 spiro atoms. The smallest absolute Gasteiger partial charge is 0.251 e. The molecule has 0 radical (unpaired) electrons. The Morgan fingerprint density at radius 1 is 1.19 bits per heavy atom. The van der Waals surface area contributed by atoms with Crippen LogP contribution in [-0.2, 0) is 10.0 Å². The lowest BCUT2D eigenvalue weighted by atomic mass is 9.89. The van der Waals surface area contributed by atoms with Crippen molar-refractivity contribution in [1.82, 2.24) is 5.32 Å². The topological polar surface area (TPSA) is 84.5 Å². The molecule has 3 rings (SSSR count). The number of benzene rings is 2. The van der Waals surface area contributed by atoms with Crippen LogP contribution < -0.4 is 14.8 Å². The van der Waals surface area contributed by atoms with E-state index in [0.29, 0.717) is 23.2 Å². The minimum Gasteiger partial charge on any atom is -0.487 e. The van der Waals surface area contributed by atoms with Gasteiger partial charge in [0.1, 0.15) is 11.4 Å². The summed E-state index contributed by atoms with van der Waals surface area (Å²) in [6.45, 7) is 5.76. The van der Waals surface area contributed by atoms with Crippen molar-refractivity contribution in [1.29, 1.82) is 0 Å². The van der Waals surface area contributed by atoms with Crippen LogP contribution >= 0.6 is 0 Å². The number of rotatable bonds is 4. The zero-order chi connectivity index (χ0) is 19.8. The molecule has 1 atom stereocenters. The fourth-order valence-corrected chi connectivity index (χ4v) is 3.92. The minimum absolute atomic E-state index is 0.161. The molecule has 6 nitrogen and oxygen atoms in total. The van der Waals surface area contributed by atoms with Crippen molar-refractivity contribution in [3.05, 3.63) is 59.2 Å². The number of ether oxygens (including phenoxy) is 1. The van der Waals surface area contributed by atoms with Crippen molar-refractivity contribution in [2.24, 2.45) is 0 Å². The number of hydrogen-bond acceptors (Lipinski definition) is 4. The van der Waals surface area contributed by atoms with Crippen molar-refractivity contribution in [3.63, 3.8) is 0 Å². The summed E-state index contributed by atoms with van der Waals surface area (Å²) in [5.74, 6) is 0.574. The third kappa shape index (κ3) is 4.60. The van der Waals surface area contributed by atoms with Gasteiger partial charge < -0.3 is 10.1 Å². The molecule has 1 unspecified atom stereocenters. The van der Waals surface area contributed by atoms with Gasteiger partial charge in [-0.15, -0.1) is 0 Å². The maximum atomic E-state index is 12.8. The molecule has 1 amide bonds. The lowest BCUT2D eigenvalue weighted by Crippen LogP contribution is -2.41. The van der Waals surface area contributed by atoms with Gasteiger partial charge in [-0.2, -0.15) is 0 Å². The van der Waals surface area contributed by atoms with E-state index in [1.54, 1.807) is 25.1 Å². The normalized spacial score (nSPS) is 18.1. The van der Waals surface area contributed by atoms with Crippen LogP contribution in [0.3, 0.4) is 0 Å². The summed E-state index contributed by atoms with van der Waals surface area (Å²) in [7, 11) is -3.37. The summed E-state index contributed by atoms with van der Waals surface area (Å²) in [6, 6.07) is 12.4. The molecule has 2 N–H and O–H groups in total. The number of fused-ring (bicyclic) bond motifs is 1. The number of aryl methyl sites for hydroxylation is 1. The molecule has 27 heavy (non-hydrogen) atoms. The molecule has 1 aliphatic rings. The largest absolute Gasteiger partial charge is 0.487 e. The van der Waals surface area contributed by atoms with Crippen molar-refractivity contribution in [3.8, 4) is 5.75 Å². The van der Waals surface area contributed by atoms with Crippen LogP contribution in [-0.4, -0.2) is 26.2 Å². The van der Waals surface area contributed by atoms with E-state index in [4.69, 9.17) is 4.74 Å². The molecule has 0 bridgehead atoms. The Bertz CT molecular complexity index is 983. The highest BCUT2D eigenvalue weighted by atomic mass is 32.2. The first-order valence-electron chi connectivity index (χ1n) is 8.71. The van der Waals surface area contributed by atoms with E-state index in [-0.39, 0.29) is 17.6 Å². The van der Waals surface area contributed by atoms with Crippen LogP contribution in [0.1, 0.15) is 47.8 Å². The molecule has 2 aromatic rings. The zero-order valence-corrected chi connectivity index (χ0v) is 16.7. The van der Waals surface area contributed by atoms with Gasteiger partial charge in [-0.3, -0.25) is 9.52 Å². The molecule has 1 aliphatic heterocycles. The predicted molar refractivity (Wildman–Crippen MR) is 106 cm³/mol. The highest BCUT2D eigenvalue weighted by molar-refractivity contribution is 7.92. The Morgan fingerprint density at radius 3 is 2.56 bits per heavy atom. The first kappa shape index (κ1) is 19.2. The van der Waals surface area contributed by atoms with Crippen molar-refractivity contribution in [2.75, 3.05) is 11.0 Å². The number of sulfonamides is 1. The molecule has 0 aliphatic carbocycles. The molecular weight excluding hydrogens is 364 g/mol. The van der Waals surface area contributed by atoms with Crippen molar-refractivity contribution >= 4 is 21.6 Å². The number of hydrogen-bond donors (Lipinski definition) is 2. The SMILES string of the molecule is Cc1cc(C(=O)NC2CC(C)(C)Oc3ccccc32)ccc1NS(C)(=O)=O. The molecular formula is C20H24N2O4S. The third-order valence-electron chi connectivity index (χ3n) is 4.47. The van der Waals surface area contributed by atoms with Crippen LogP contribution in [0.4, 0.5) is 5.69 Å². The quantitative estimate of drug-likeness (QED) is 0.841. The lowest BCUT2D eigenvalue weighted by Gasteiger charge is -2.37. The van der Waals surface area contributed by atoms with Crippen LogP contribution in [0, 0.1) is 6.92 Å². The number of carbonyl (C=O) groups excluding carboxylic acids is 1. The Morgan fingerprint density at radius 2 is 1.89 bits per heavy atom. The molecule has 0 saturated carbocycles. The van der Waals surface area contributed by atoms with Gasteiger partial charge in [-0.25, -0.2) is 8.42 Å². The fraction of sp³-hybridized carbons (Fsp3) is 0.350. The first-order chi connectivity index (χ1) is 12.5. The average Bonchev–Trinajstić information content (AvgIpc) is 2.54. The zero-order valence-electron chi connectivity index (χ0n) is 15.9. The van der Waals surface area contributed by atoms with Crippen molar-refractivity contribution < 1.29 is 17.9 Å². The van der Waals surface area contributed by atoms with E-state index in [9.17, 15) is 13.2 Å². The average molecular weight is 388 g/mol. The van der Waals surface area contributed by atoms with Crippen molar-refractivity contribution in [2.45, 2.75) is 38.8 Å². The molecule has 0 saturated heterocycles. The second-order valence-electron chi connectivity index (χ2n) is 7.53. The highest BCUT2D eigenvalue weighted by Crippen LogP contribution is 2.39. The van der Waals surface area contributed by atoms with Gasteiger partial charge in [-0.05, 0) is 50.6 Å². The number of amides is 1. The summed E-state index contributed by atoms with van der Waals surface area (Å²) in [5.41, 5.74) is 2.20. The predicted octanol–water partition coefficient (Wildman–Crippen LogP) is 3.40. The van der Waals surface area contributed by atoms with E-state index in [0.717, 1.165) is 17.6 Å². The summed E-state index contributed by atoms with van der Waals surface area (Å²) >= 11 is 0. The van der Waals surface area contributed by atoms with Crippen LogP contribution in [0.2, 0.25) is 0 Å². The Balaban J connectivity index is 1.82. The van der Waals surface area contributed by atoms with Crippen LogP contribution in [0.5, 0.6) is 5.75 Å². The molecule has 144 valence electrons. The number of nitrogens with one attached hydrogen (secondary N) is 2. The highest BCUT2D eigenvalue weighted by Gasteiger charge is 2.34. The summed E-state index contributed by atoms with van der Waals surface area (Å²) in [6.07, 6.45) is 1.75. The third-order valence-corrected chi connectivity index (χ3v) is 5.06. The van der Waals surface area contributed by atoms with Gasteiger partial charge in [-0.1, -0.05) is 18.2 Å². The summed E-state index contributed by atoms with van der Waals surface area (Å²) in [4.78, 5) is 12.8. The van der Waals surface area contributed by atoms with E-state index < -0.39 is 10.0 Å². The second kappa shape index (κ2) is 6.88. The summed E-state index contributed by atoms with van der Waals surface area (Å²) in [5, 5.41) is 3.08. The van der Waals surface area contributed by atoms with E-state index in [2.05, 4.69) is 10.0 Å². The molecule has 0 fully saturated rings. The molecule has 7 heteroatoms. The van der Waals surface area contributed by atoms with Gasteiger partial charge in [0.25, 0.3) is 5.91 Å². The van der Waals surface area contributed by atoms with Gasteiger partial charge in [0.05, 0.1) is 18.0 Å². The maximum Gasteiger partial charge on any atom is 0.251 e. The van der Waals surface area contributed by atoms with Crippen LogP contribution in [0.25, 0.3) is 0 Å². The number of anilines is 1. The first-order valence-corrected chi connectivity index (χ1v) is 10.6. The maximum absolute atomic E-state index is 12.8. The number of para-hydroxylation sites is 1. The lowest BCUT2D eigenvalue weighted by molar-refractivity contribution is 0.0619. The van der Waals surface area contributed by atoms with E-state index >= 15 is 0 Å². The summed E-state index contributed by atoms with van der Waals surface area (Å²) < 4.78 is 31.3. The van der Waals surface area contributed by atoms with Gasteiger partial charge in [0.15, 0.2) is 0 Å². The Hall–Kier alpha value is -2.54. The Labute approximate surface area is 160 Å². The van der Waals surface area contributed by atoms with Crippen LogP contribution in [0.15, 0.2) is 42.5 Å².